The van der Waals surface area contributed by atoms with Gasteiger partial charge in [0, 0.05) is 37.3 Å². The Labute approximate surface area is 327 Å². The molecule has 2 amide bonds. The lowest BCUT2D eigenvalue weighted by Gasteiger charge is -2.22. The second-order valence-electron chi connectivity index (χ2n) is 13.8. The third kappa shape index (κ3) is 7.98. The maximum atomic E-state index is 13.0. The average molecular weight is 796 g/mol. The van der Waals surface area contributed by atoms with E-state index in [0.717, 1.165) is 11.1 Å². The Morgan fingerprint density at radius 3 is 2.42 bits per heavy atom. The number of hydrogen-bond acceptors (Lipinski definition) is 14. The number of aliphatic hydroxyl groups excluding tert-OH is 2. The van der Waals surface area contributed by atoms with Crippen molar-refractivity contribution < 1.29 is 28.2 Å². The fraction of sp³-hybridized carbons (Fsp3) is 0.324. The highest BCUT2D eigenvalue weighted by Gasteiger charge is 2.47. The van der Waals surface area contributed by atoms with Crippen molar-refractivity contribution in [3.63, 3.8) is 0 Å². The highest BCUT2D eigenvalue weighted by Crippen LogP contribution is 2.39. The van der Waals surface area contributed by atoms with Crippen molar-refractivity contribution in [3.8, 4) is 0 Å². The van der Waals surface area contributed by atoms with E-state index in [-0.39, 0.29) is 28.4 Å². The Bertz CT molecular complexity index is 2430. The monoisotopic (exact) mass is 795 g/mol. The number of anilines is 3. The molecule has 3 aromatic heterocycles. The van der Waals surface area contributed by atoms with Crippen LogP contribution < -0.4 is 26.0 Å². The lowest BCUT2D eigenvalue weighted by Crippen LogP contribution is -2.40. The molecule has 0 aliphatic carbocycles. The number of nitrogens with two attached hydrogens (primary N) is 1. The summed E-state index contributed by atoms with van der Waals surface area (Å²) in [5, 5.41) is 49.0. The number of carbonyl (C=O) groups excluding carboxylic acids is 1. The zero-order valence-corrected chi connectivity index (χ0v) is 31.5. The zero-order chi connectivity index (χ0) is 39.7. The summed E-state index contributed by atoms with van der Waals surface area (Å²) in [4.78, 5) is 30.7. The van der Waals surface area contributed by atoms with Gasteiger partial charge in [-0.1, -0.05) is 66.7 Å². The van der Waals surface area contributed by atoms with Gasteiger partial charge in [0.15, 0.2) is 29.3 Å². The van der Waals surface area contributed by atoms with Crippen LogP contribution in [0.5, 0.6) is 0 Å². The molecule has 5 heterocycles. The van der Waals surface area contributed by atoms with Crippen LogP contribution in [0.4, 0.5) is 22.2 Å². The van der Waals surface area contributed by atoms with Gasteiger partial charge in [0.2, 0.25) is 21.8 Å². The van der Waals surface area contributed by atoms with E-state index in [4.69, 9.17) is 19.8 Å². The molecule has 19 nitrogen and oxygen atoms in total. The molecule has 2 saturated heterocycles. The first kappa shape index (κ1) is 37.8. The molecule has 296 valence electrons. The van der Waals surface area contributed by atoms with Crippen molar-refractivity contribution >= 4 is 44.7 Å². The van der Waals surface area contributed by atoms with Gasteiger partial charge in [-0.3, -0.25) is 4.57 Å². The van der Waals surface area contributed by atoms with Crippen molar-refractivity contribution in [2.75, 3.05) is 35.2 Å². The molecule has 2 fully saturated rings. The van der Waals surface area contributed by atoms with Gasteiger partial charge in [0.25, 0.3) is 0 Å². The van der Waals surface area contributed by atoms with Crippen LogP contribution in [0, 0.1) is 0 Å². The Kier molecular flexibility index (Phi) is 10.5. The molecule has 0 unspecified atom stereocenters. The van der Waals surface area contributed by atoms with Crippen molar-refractivity contribution in [1.29, 1.82) is 0 Å². The molecular weight excluding hydrogens is 755 g/mol. The number of aryl methyl sites for hydroxylation is 1. The number of nitrogens with zero attached hydrogens (tertiary/aromatic N) is 9. The van der Waals surface area contributed by atoms with E-state index in [0.29, 0.717) is 55.5 Å². The molecule has 5 atom stereocenters. The van der Waals surface area contributed by atoms with Gasteiger partial charge < -0.3 is 35.8 Å². The summed E-state index contributed by atoms with van der Waals surface area (Å²) in [6, 6.07) is 25.1. The second kappa shape index (κ2) is 15.8. The first-order chi connectivity index (χ1) is 27.6. The first-order valence-corrected chi connectivity index (χ1v) is 19.9. The lowest BCUT2D eigenvalue weighted by atomic mass is 9.91. The number of urea groups is 1. The minimum absolute atomic E-state index is 0.0487. The van der Waals surface area contributed by atoms with E-state index in [1.165, 1.54) is 29.3 Å². The van der Waals surface area contributed by atoms with Gasteiger partial charge >= 0.3 is 6.03 Å². The molecule has 7 N–H and O–H groups in total. The Morgan fingerprint density at radius 1 is 1.00 bits per heavy atom. The number of rotatable bonds is 12. The van der Waals surface area contributed by atoms with Crippen molar-refractivity contribution in [1.82, 2.24) is 45.0 Å². The van der Waals surface area contributed by atoms with Crippen molar-refractivity contribution in [2.45, 2.75) is 61.3 Å². The standard InChI is InChI=1S/C37H41N13O6S/c1-2-50-46-33(45-47-50)31-29(51)30(52)35(56-31)49-21-40-28-32(39-19-27(22-10-5-3-6-11-22)23-12-7-4-8-13-23)43-36(44-34(28)49)48-17-16-25(20-48)42-37(53)41-24-14-9-15-26(18-24)57(38,54)55/h3-15,18,21,25,27,29-31,35,51-52H,2,16-17,19-20H2,1H3,(H2,38,54,55)(H,39,43,44)(H2,41,42,53)/t25-,29+,30-,31+,35-/m1/s1. The van der Waals surface area contributed by atoms with Crippen LogP contribution in [-0.2, 0) is 21.3 Å². The normalized spacial score (nSPS) is 21.0. The predicted molar refractivity (Wildman–Crippen MR) is 207 cm³/mol. The van der Waals surface area contributed by atoms with Crippen molar-refractivity contribution in [3.05, 3.63) is 108 Å². The SMILES string of the molecule is CCn1nnc([C@H]2O[C@@H](n3cnc4c(NCC(c5ccccc5)c5ccccc5)nc(N5CC[C@@H](NC(=O)Nc6cccc(S(N)(=O)=O)c6)C5)nc43)[C@H](O)[C@@H]2O)n1. The third-order valence-electron chi connectivity index (χ3n) is 10.0. The number of hydrogen-bond donors (Lipinski definition) is 6. The number of aromatic nitrogens is 8. The van der Waals surface area contributed by atoms with Gasteiger partial charge in [0.05, 0.1) is 17.8 Å². The molecule has 57 heavy (non-hydrogen) atoms. The average Bonchev–Trinajstić information content (AvgIpc) is 4.03. The number of sulfonamides is 1. The fourth-order valence-corrected chi connectivity index (χ4v) is 7.68. The smallest absolute Gasteiger partial charge is 0.319 e. The molecule has 0 saturated carbocycles. The molecule has 2 aliphatic heterocycles. The number of aliphatic hydroxyl groups is 2. The fourth-order valence-electron chi connectivity index (χ4n) is 7.12. The van der Waals surface area contributed by atoms with E-state index in [2.05, 4.69) is 60.6 Å². The summed E-state index contributed by atoms with van der Waals surface area (Å²) in [6.07, 6.45) is -2.87. The minimum atomic E-state index is -3.95. The molecule has 0 radical (unpaired) electrons. The van der Waals surface area contributed by atoms with Crippen LogP contribution >= 0.6 is 0 Å². The van der Waals surface area contributed by atoms with Gasteiger partial charge in [-0.15, -0.1) is 10.2 Å². The minimum Gasteiger partial charge on any atom is -0.387 e. The van der Waals surface area contributed by atoms with E-state index in [9.17, 15) is 23.4 Å². The van der Waals surface area contributed by atoms with Crippen LogP contribution in [0.25, 0.3) is 11.2 Å². The van der Waals surface area contributed by atoms with Crippen LogP contribution in [0.2, 0.25) is 0 Å². The summed E-state index contributed by atoms with van der Waals surface area (Å²) in [6.45, 7) is 3.60. The summed E-state index contributed by atoms with van der Waals surface area (Å²) in [5.41, 5.74) is 3.23. The number of tetrazole rings is 1. The third-order valence-corrected chi connectivity index (χ3v) is 10.9. The van der Waals surface area contributed by atoms with E-state index in [1.54, 1.807) is 10.6 Å². The topological polar surface area (TPSA) is 253 Å². The van der Waals surface area contributed by atoms with Gasteiger partial charge in [-0.05, 0) is 47.9 Å². The lowest BCUT2D eigenvalue weighted by molar-refractivity contribution is -0.0384. The number of amides is 2. The van der Waals surface area contributed by atoms with Crippen LogP contribution in [0.3, 0.4) is 0 Å². The largest absolute Gasteiger partial charge is 0.387 e. The highest BCUT2D eigenvalue weighted by molar-refractivity contribution is 7.89. The number of nitrogens with one attached hydrogen (secondary N) is 3. The zero-order valence-electron chi connectivity index (χ0n) is 30.7. The van der Waals surface area contributed by atoms with Gasteiger partial charge in [0.1, 0.15) is 12.2 Å². The molecule has 0 bridgehead atoms. The van der Waals surface area contributed by atoms with E-state index < -0.39 is 40.6 Å². The second-order valence-corrected chi connectivity index (χ2v) is 15.4. The van der Waals surface area contributed by atoms with E-state index in [1.807, 2.05) is 48.2 Å². The molecule has 2 aliphatic rings. The molecule has 3 aromatic carbocycles. The summed E-state index contributed by atoms with van der Waals surface area (Å²) in [7, 11) is -3.95. The molecule has 8 rings (SSSR count). The first-order valence-electron chi connectivity index (χ1n) is 18.4. The van der Waals surface area contributed by atoms with Crippen molar-refractivity contribution in [2.24, 2.45) is 5.14 Å². The van der Waals surface area contributed by atoms with Gasteiger partial charge in [-0.2, -0.15) is 14.8 Å². The number of imidazole rings is 1. The quantitative estimate of drug-likeness (QED) is 0.104. The Morgan fingerprint density at radius 2 is 1.74 bits per heavy atom. The highest BCUT2D eigenvalue weighted by atomic mass is 32.2. The van der Waals surface area contributed by atoms with E-state index >= 15 is 0 Å². The Hall–Kier alpha value is -6.06. The number of primary sulfonamides is 1. The predicted octanol–water partition coefficient (Wildman–Crippen LogP) is 2.12. The summed E-state index contributed by atoms with van der Waals surface area (Å²) < 4.78 is 31.4. The molecular formula is C37H41N13O6S. The number of fused-ring (bicyclic) bond motifs is 1. The summed E-state index contributed by atoms with van der Waals surface area (Å²) in [5.74, 6) is 0.863. The maximum Gasteiger partial charge on any atom is 0.319 e. The maximum absolute atomic E-state index is 13.0. The number of ether oxygens (including phenoxy) is 1. The molecule has 0 spiro atoms. The molecule has 20 heteroatoms. The Balaban J connectivity index is 1.08. The van der Waals surface area contributed by atoms with Crippen LogP contribution in [-0.4, -0.2) is 102 Å². The number of benzene rings is 3. The van der Waals surface area contributed by atoms with Crippen LogP contribution in [0.1, 0.15) is 48.5 Å². The van der Waals surface area contributed by atoms with Crippen LogP contribution in [0.15, 0.2) is 96.2 Å². The molecule has 6 aromatic rings. The van der Waals surface area contributed by atoms with Gasteiger partial charge in [-0.25, -0.2) is 23.3 Å². The number of carbonyl (C=O) groups is 1. The summed E-state index contributed by atoms with van der Waals surface area (Å²) >= 11 is 0.